The fraction of sp³-hybridized carbons (Fsp3) is 0.267. The Bertz CT molecular complexity index is 597. The number of carbonyl (C=O) groups is 1. The van der Waals surface area contributed by atoms with Gasteiger partial charge in [0.25, 0.3) is 5.91 Å². The maximum absolute atomic E-state index is 11.8. The standard InChI is InChI=1S/C15H17ClN2O3/c1-18(2)7-9-21-13-6-5-11(10-12(13)16)17-15(19)14-4-3-8-20-14/h3-6,8,10H,7,9H2,1-2H3,(H,17,19). The Morgan fingerprint density at radius 2 is 2.19 bits per heavy atom. The van der Waals surface area contributed by atoms with Crippen LogP contribution < -0.4 is 10.1 Å². The predicted molar refractivity (Wildman–Crippen MR) is 82.2 cm³/mol. The van der Waals surface area contributed by atoms with Crippen LogP contribution in [0.2, 0.25) is 5.02 Å². The SMILES string of the molecule is CN(C)CCOc1ccc(NC(=O)c2ccco2)cc1Cl. The van der Waals surface area contributed by atoms with Crippen LogP contribution in [0.15, 0.2) is 41.0 Å². The number of likely N-dealkylation sites (N-methyl/N-ethyl adjacent to an activating group) is 1. The maximum atomic E-state index is 11.8. The first-order valence-electron chi connectivity index (χ1n) is 6.48. The first-order chi connectivity index (χ1) is 10.1. The minimum Gasteiger partial charge on any atom is -0.491 e. The van der Waals surface area contributed by atoms with Crippen molar-refractivity contribution in [3.63, 3.8) is 0 Å². The van der Waals surface area contributed by atoms with Crippen LogP contribution in [0.1, 0.15) is 10.6 Å². The van der Waals surface area contributed by atoms with E-state index in [1.807, 2.05) is 19.0 Å². The second kappa shape index (κ2) is 7.15. The highest BCUT2D eigenvalue weighted by atomic mass is 35.5. The maximum Gasteiger partial charge on any atom is 0.291 e. The molecular weight excluding hydrogens is 292 g/mol. The fourth-order valence-corrected chi connectivity index (χ4v) is 1.87. The molecule has 5 nitrogen and oxygen atoms in total. The molecule has 0 spiro atoms. The molecule has 2 aromatic rings. The van der Waals surface area contributed by atoms with Crippen LogP contribution in [0.3, 0.4) is 0 Å². The molecule has 1 N–H and O–H groups in total. The first-order valence-corrected chi connectivity index (χ1v) is 6.86. The smallest absolute Gasteiger partial charge is 0.291 e. The molecular formula is C15H17ClN2O3. The van der Waals surface area contributed by atoms with Crippen molar-refractivity contribution in [2.75, 3.05) is 32.6 Å². The summed E-state index contributed by atoms with van der Waals surface area (Å²) in [6, 6.07) is 8.36. The molecule has 0 unspecified atom stereocenters. The van der Waals surface area contributed by atoms with E-state index in [9.17, 15) is 4.79 Å². The van der Waals surface area contributed by atoms with Crippen molar-refractivity contribution in [3.8, 4) is 5.75 Å². The number of hydrogen-bond acceptors (Lipinski definition) is 4. The third kappa shape index (κ3) is 4.51. The lowest BCUT2D eigenvalue weighted by Crippen LogP contribution is -2.19. The Balaban J connectivity index is 1.97. The normalized spacial score (nSPS) is 10.7. The van der Waals surface area contributed by atoms with Crippen molar-refractivity contribution >= 4 is 23.2 Å². The van der Waals surface area contributed by atoms with Gasteiger partial charge >= 0.3 is 0 Å². The predicted octanol–water partition coefficient (Wildman–Crippen LogP) is 3.13. The number of nitrogens with one attached hydrogen (secondary N) is 1. The molecule has 1 aromatic carbocycles. The largest absolute Gasteiger partial charge is 0.491 e. The van der Waals surface area contributed by atoms with Crippen LogP contribution in [0.25, 0.3) is 0 Å². The van der Waals surface area contributed by atoms with E-state index in [1.165, 1.54) is 6.26 Å². The summed E-state index contributed by atoms with van der Waals surface area (Å²) in [7, 11) is 3.94. The Morgan fingerprint density at radius 1 is 1.38 bits per heavy atom. The summed E-state index contributed by atoms with van der Waals surface area (Å²) in [5, 5.41) is 3.16. The van der Waals surface area contributed by atoms with Crippen LogP contribution in [-0.4, -0.2) is 38.1 Å². The lowest BCUT2D eigenvalue weighted by atomic mass is 10.3. The first kappa shape index (κ1) is 15.4. The highest BCUT2D eigenvalue weighted by molar-refractivity contribution is 6.32. The van der Waals surface area contributed by atoms with Crippen LogP contribution >= 0.6 is 11.6 Å². The average molecular weight is 309 g/mol. The minimum atomic E-state index is -0.322. The quantitative estimate of drug-likeness (QED) is 0.891. The van der Waals surface area contributed by atoms with E-state index in [0.29, 0.717) is 23.1 Å². The second-order valence-electron chi connectivity index (χ2n) is 4.73. The molecule has 1 amide bonds. The average Bonchev–Trinajstić information content (AvgIpc) is 2.95. The van der Waals surface area contributed by atoms with Gasteiger partial charge in [0, 0.05) is 12.2 Å². The van der Waals surface area contributed by atoms with E-state index in [1.54, 1.807) is 30.3 Å². The third-order valence-electron chi connectivity index (χ3n) is 2.73. The van der Waals surface area contributed by atoms with Gasteiger partial charge in [0.05, 0.1) is 11.3 Å². The van der Waals surface area contributed by atoms with Crippen molar-refractivity contribution in [1.82, 2.24) is 4.90 Å². The van der Waals surface area contributed by atoms with Crippen molar-refractivity contribution in [1.29, 1.82) is 0 Å². The fourth-order valence-electron chi connectivity index (χ4n) is 1.63. The van der Waals surface area contributed by atoms with E-state index in [2.05, 4.69) is 5.32 Å². The van der Waals surface area contributed by atoms with Crippen molar-refractivity contribution in [2.45, 2.75) is 0 Å². The number of hydrogen-bond donors (Lipinski definition) is 1. The number of nitrogens with zero attached hydrogens (tertiary/aromatic N) is 1. The van der Waals surface area contributed by atoms with Gasteiger partial charge in [0.1, 0.15) is 12.4 Å². The molecule has 0 saturated carbocycles. The molecule has 0 saturated heterocycles. The Labute approximate surface area is 128 Å². The van der Waals surface area contributed by atoms with Crippen molar-refractivity contribution in [2.24, 2.45) is 0 Å². The van der Waals surface area contributed by atoms with Crippen LogP contribution in [0, 0.1) is 0 Å². The van der Waals surface area contributed by atoms with Gasteiger partial charge in [0.2, 0.25) is 0 Å². The minimum absolute atomic E-state index is 0.248. The van der Waals surface area contributed by atoms with Gasteiger partial charge in [-0.25, -0.2) is 0 Å². The third-order valence-corrected chi connectivity index (χ3v) is 3.03. The lowest BCUT2D eigenvalue weighted by Gasteiger charge is -2.12. The van der Waals surface area contributed by atoms with E-state index in [-0.39, 0.29) is 11.7 Å². The molecule has 0 atom stereocenters. The zero-order valence-electron chi connectivity index (χ0n) is 11.9. The van der Waals surface area contributed by atoms with Gasteiger partial charge in [0.15, 0.2) is 5.76 Å². The molecule has 0 aliphatic rings. The molecule has 112 valence electrons. The monoisotopic (exact) mass is 308 g/mol. The molecule has 0 radical (unpaired) electrons. The van der Waals surface area contributed by atoms with E-state index >= 15 is 0 Å². The van der Waals surface area contributed by atoms with Crippen LogP contribution in [-0.2, 0) is 0 Å². The van der Waals surface area contributed by atoms with Crippen molar-refractivity contribution < 1.29 is 13.9 Å². The number of amides is 1. The van der Waals surface area contributed by atoms with Gasteiger partial charge in [-0.2, -0.15) is 0 Å². The molecule has 1 heterocycles. The van der Waals surface area contributed by atoms with E-state index in [0.717, 1.165) is 6.54 Å². The zero-order valence-corrected chi connectivity index (χ0v) is 12.7. The van der Waals surface area contributed by atoms with Gasteiger partial charge in [-0.15, -0.1) is 0 Å². The molecule has 0 aliphatic heterocycles. The number of ether oxygens (including phenoxy) is 1. The van der Waals surface area contributed by atoms with Gasteiger partial charge in [-0.1, -0.05) is 11.6 Å². The molecule has 6 heteroatoms. The molecule has 0 aliphatic carbocycles. The Morgan fingerprint density at radius 3 is 2.81 bits per heavy atom. The van der Waals surface area contributed by atoms with Gasteiger partial charge in [-0.05, 0) is 44.4 Å². The molecule has 2 rings (SSSR count). The number of halogens is 1. The molecule has 0 bridgehead atoms. The summed E-state index contributed by atoms with van der Waals surface area (Å²) in [6.45, 7) is 1.35. The molecule has 1 aromatic heterocycles. The second-order valence-corrected chi connectivity index (χ2v) is 5.14. The van der Waals surface area contributed by atoms with E-state index < -0.39 is 0 Å². The summed E-state index contributed by atoms with van der Waals surface area (Å²) >= 11 is 6.14. The highest BCUT2D eigenvalue weighted by Gasteiger charge is 2.10. The topological polar surface area (TPSA) is 54.7 Å². The van der Waals surface area contributed by atoms with Crippen LogP contribution in [0.4, 0.5) is 5.69 Å². The van der Waals surface area contributed by atoms with E-state index in [4.69, 9.17) is 20.8 Å². The number of rotatable bonds is 6. The van der Waals surface area contributed by atoms with Gasteiger partial charge in [-0.3, -0.25) is 4.79 Å². The number of anilines is 1. The molecule has 0 fully saturated rings. The van der Waals surface area contributed by atoms with Gasteiger partial charge < -0.3 is 19.4 Å². The summed E-state index contributed by atoms with van der Waals surface area (Å²) in [5.41, 5.74) is 0.585. The summed E-state index contributed by atoms with van der Waals surface area (Å²) < 4.78 is 10.6. The molecule has 21 heavy (non-hydrogen) atoms. The zero-order chi connectivity index (χ0) is 15.2. The Hall–Kier alpha value is -1.98. The Kier molecular flexibility index (Phi) is 5.25. The number of carbonyl (C=O) groups excluding carboxylic acids is 1. The summed E-state index contributed by atoms with van der Waals surface area (Å²) in [4.78, 5) is 13.9. The van der Waals surface area contributed by atoms with Crippen molar-refractivity contribution in [3.05, 3.63) is 47.4 Å². The highest BCUT2D eigenvalue weighted by Crippen LogP contribution is 2.27. The summed E-state index contributed by atoms with van der Waals surface area (Å²) in [6.07, 6.45) is 1.45. The lowest BCUT2D eigenvalue weighted by molar-refractivity contribution is 0.0996. The summed E-state index contributed by atoms with van der Waals surface area (Å²) in [5.74, 6) is 0.518. The number of furan rings is 1. The number of benzene rings is 1. The van der Waals surface area contributed by atoms with Crippen LogP contribution in [0.5, 0.6) is 5.75 Å².